The molecular weight excluding hydrogens is 118 g/mol. The maximum absolute atomic E-state index is 5.37. The van der Waals surface area contributed by atoms with Crippen molar-refractivity contribution >= 4 is 0 Å². The van der Waals surface area contributed by atoms with Crippen LogP contribution in [0.25, 0.3) is 0 Å². The molecule has 1 fully saturated rings. The molecule has 0 amide bonds. The Kier molecular flexibility index (Phi) is 2.45. The third kappa shape index (κ3) is 1.64. The molecule has 3 heteroatoms. The van der Waals surface area contributed by atoms with Gasteiger partial charge in [-0.15, -0.1) is 0 Å². The molecule has 0 radical (unpaired) electrons. The second-order valence-electron chi connectivity index (χ2n) is 2.24. The Balaban J connectivity index is 2.20. The lowest BCUT2D eigenvalue weighted by Gasteiger charge is -2.08. The summed E-state index contributed by atoms with van der Waals surface area (Å²) in [5, 5.41) is 0. The van der Waals surface area contributed by atoms with E-state index < -0.39 is 0 Å². The molecule has 2 atom stereocenters. The second kappa shape index (κ2) is 3.15. The summed E-state index contributed by atoms with van der Waals surface area (Å²) in [6.07, 6.45) is 2.25. The molecule has 0 spiro atoms. The van der Waals surface area contributed by atoms with Crippen LogP contribution in [0, 0.1) is 0 Å². The fourth-order valence-corrected chi connectivity index (χ4v) is 1.02. The van der Waals surface area contributed by atoms with Crippen LogP contribution in [0.15, 0.2) is 0 Å². The predicted octanol–water partition coefficient (Wildman–Crippen LogP) is 0.0966. The van der Waals surface area contributed by atoms with Crippen molar-refractivity contribution in [1.29, 1.82) is 0 Å². The summed E-state index contributed by atoms with van der Waals surface area (Å²) < 4.78 is 10.3. The number of hydrogen-bond acceptors (Lipinski definition) is 3. The first-order valence-electron chi connectivity index (χ1n) is 3.25. The average molecular weight is 131 g/mol. The molecular formula is C6H13NO2. The first-order chi connectivity index (χ1) is 4.36. The molecule has 2 N–H and O–H groups in total. The molecule has 0 aromatic heterocycles. The lowest BCUT2D eigenvalue weighted by Crippen LogP contribution is -2.20. The summed E-state index contributed by atoms with van der Waals surface area (Å²) >= 11 is 0. The monoisotopic (exact) mass is 131 g/mol. The van der Waals surface area contributed by atoms with Gasteiger partial charge in [0.15, 0.2) is 6.29 Å². The Hall–Kier alpha value is -0.120. The van der Waals surface area contributed by atoms with Crippen molar-refractivity contribution in [2.75, 3.05) is 13.7 Å². The quantitative estimate of drug-likeness (QED) is 0.578. The van der Waals surface area contributed by atoms with Crippen LogP contribution in [0.4, 0.5) is 0 Å². The van der Waals surface area contributed by atoms with Gasteiger partial charge in [0, 0.05) is 20.1 Å². The molecule has 0 saturated carbocycles. The van der Waals surface area contributed by atoms with Crippen molar-refractivity contribution in [2.24, 2.45) is 5.73 Å². The molecule has 0 aromatic carbocycles. The molecule has 2 unspecified atom stereocenters. The third-order valence-corrected chi connectivity index (χ3v) is 1.59. The van der Waals surface area contributed by atoms with E-state index in [-0.39, 0.29) is 12.4 Å². The first kappa shape index (κ1) is 6.99. The molecule has 54 valence electrons. The largest absolute Gasteiger partial charge is 0.356 e. The molecule has 0 aliphatic carbocycles. The van der Waals surface area contributed by atoms with Gasteiger partial charge in [-0.1, -0.05) is 0 Å². The van der Waals surface area contributed by atoms with Crippen LogP contribution in [0.1, 0.15) is 12.8 Å². The molecule has 1 saturated heterocycles. The van der Waals surface area contributed by atoms with E-state index >= 15 is 0 Å². The zero-order chi connectivity index (χ0) is 6.69. The minimum Gasteiger partial charge on any atom is -0.356 e. The van der Waals surface area contributed by atoms with Gasteiger partial charge in [-0.25, -0.2) is 0 Å². The van der Waals surface area contributed by atoms with E-state index in [1.54, 1.807) is 7.11 Å². The van der Waals surface area contributed by atoms with Crippen LogP contribution >= 0.6 is 0 Å². The number of hydrogen-bond donors (Lipinski definition) is 1. The van der Waals surface area contributed by atoms with Gasteiger partial charge in [-0.2, -0.15) is 0 Å². The topological polar surface area (TPSA) is 44.5 Å². The highest BCUT2D eigenvalue weighted by Crippen LogP contribution is 2.18. The van der Waals surface area contributed by atoms with Gasteiger partial charge < -0.3 is 15.2 Å². The molecule has 9 heavy (non-hydrogen) atoms. The molecule has 1 aliphatic rings. The highest BCUT2D eigenvalue weighted by Gasteiger charge is 2.22. The number of rotatable bonds is 2. The fourth-order valence-electron chi connectivity index (χ4n) is 1.02. The number of methoxy groups -OCH3 is 1. The van der Waals surface area contributed by atoms with Gasteiger partial charge >= 0.3 is 0 Å². The third-order valence-electron chi connectivity index (χ3n) is 1.59. The lowest BCUT2D eigenvalue weighted by molar-refractivity contribution is -0.112. The van der Waals surface area contributed by atoms with Crippen molar-refractivity contribution < 1.29 is 9.47 Å². The van der Waals surface area contributed by atoms with Crippen molar-refractivity contribution in [1.82, 2.24) is 0 Å². The van der Waals surface area contributed by atoms with Crippen LogP contribution in [-0.2, 0) is 9.47 Å². The van der Waals surface area contributed by atoms with E-state index in [0.717, 1.165) is 12.8 Å². The zero-order valence-electron chi connectivity index (χ0n) is 5.67. The predicted molar refractivity (Wildman–Crippen MR) is 34.0 cm³/mol. The Labute approximate surface area is 55.1 Å². The Morgan fingerprint density at radius 2 is 2.44 bits per heavy atom. The lowest BCUT2D eigenvalue weighted by atomic mass is 10.2. The smallest absolute Gasteiger partial charge is 0.157 e. The molecule has 0 bridgehead atoms. The minimum absolute atomic E-state index is 0.00134. The van der Waals surface area contributed by atoms with Gasteiger partial charge in [0.1, 0.15) is 0 Å². The highest BCUT2D eigenvalue weighted by molar-refractivity contribution is 4.67. The van der Waals surface area contributed by atoms with Crippen molar-refractivity contribution in [3.63, 3.8) is 0 Å². The summed E-state index contributed by atoms with van der Waals surface area (Å²) in [5.74, 6) is 0. The van der Waals surface area contributed by atoms with E-state index in [9.17, 15) is 0 Å². The maximum Gasteiger partial charge on any atom is 0.157 e. The van der Waals surface area contributed by atoms with Crippen LogP contribution in [0.2, 0.25) is 0 Å². The van der Waals surface area contributed by atoms with Gasteiger partial charge in [0.2, 0.25) is 0 Å². The summed E-state index contributed by atoms with van der Waals surface area (Å²) in [5.41, 5.74) is 5.37. The first-order valence-corrected chi connectivity index (χ1v) is 3.25. The summed E-state index contributed by atoms with van der Waals surface area (Å²) in [6.45, 7) is 0.611. The SMILES string of the molecule is COC1CCC(CN)O1. The summed E-state index contributed by atoms with van der Waals surface area (Å²) in [7, 11) is 1.66. The van der Waals surface area contributed by atoms with E-state index in [2.05, 4.69) is 0 Å². The summed E-state index contributed by atoms with van der Waals surface area (Å²) in [6, 6.07) is 0. The highest BCUT2D eigenvalue weighted by atomic mass is 16.7. The van der Waals surface area contributed by atoms with Crippen LogP contribution in [0.5, 0.6) is 0 Å². The molecule has 1 aliphatic heterocycles. The normalized spacial score (nSPS) is 35.3. The van der Waals surface area contributed by atoms with Crippen molar-refractivity contribution in [3.05, 3.63) is 0 Å². The van der Waals surface area contributed by atoms with Crippen LogP contribution < -0.4 is 5.73 Å². The summed E-state index contributed by atoms with van der Waals surface area (Å²) in [4.78, 5) is 0. The number of nitrogens with two attached hydrogens (primary N) is 1. The van der Waals surface area contributed by atoms with Crippen molar-refractivity contribution in [3.8, 4) is 0 Å². The van der Waals surface area contributed by atoms with Gasteiger partial charge in [0.25, 0.3) is 0 Å². The van der Waals surface area contributed by atoms with Gasteiger partial charge in [-0.05, 0) is 6.42 Å². The fraction of sp³-hybridized carbons (Fsp3) is 1.00. The molecule has 0 aromatic rings. The molecule has 1 heterocycles. The average Bonchev–Trinajstić information content (AvgIpc) is 2.34. The van der Waals surface area contributed by atoms with E-state index in [1.807, 2.05) is 0 Å². The van der Waals surface area contributed by atoms with Crippen molar-refractivity contribution in [2.45, 2.75) is 25.2 Å². The van der Waals surface area contributed by atoms with E-state index in [0.29, 0.717) is 6.54 Å². The minimum atomic E-state index is -0.00134. The molecule has 3 nitrogen and oxygen atoms in total. The van der Waals surface area contributed by atoms with Crippen LogP contribution in [-0.4, -0.2) is 26.0 Å². The maximum atomic E-state index is 5.37. The Morgan fingerprint density at radius 1 is 1.67 bits per heavy atom. The Morgan fingerprint density at radius 3 is 2.78 bits per heavy atom. The number of ether oxygens (including phenoxy) is 2. The standard InChI is InChI=1S/C6H13NO2/c1-8-6-3-2-5(4-7)9-6/h5-6H,2-4,7H2,1H3. The zero-order valence-corrected chi connectivity index (χ0v) is 5.67. The Bertz CT molecular complexity index is 77.1. The van der Waals surface area contributed by atoms with Gasteiger partial charge in [-0.3, -0.25) is 0 Å². The van der Waals surface area contributed by atoms with E-state index in [1.165, 1.54) is 0 Å². The second-order valence-corrected chi connectivity index (χ2v) is 2.24. The van der Waals surface area contributed by atoms with E-state index in [4.69, 9.17) is 15.2 Å². The van der Waals surface area contributed by atoms with Gasteiger partial charge in [0.05, 0.1) is 6.10 Å². The van der Waals surface area contributed by atoms with Crippen LogP contribution in [0.3, 0.4) is 0 Å². The molecule has 1 rings (SSSR count).